The Labute approximate surface area is 110 Å². The first-order chi connectivity index (χ1) is 9.30. The maximum atomic E-state index is 10.8. The lowest BCUT2D eigenvalue weighted by atomic mass is 10.2. The standard InChI is InChI=1S/C15H13N3O/c1-16-12-4-2-3-11(8-12)15-17-13-6-5-10(9-19)7-14(13)18-15/h2-9,16H,1H3,(H,17,18). The molecule has 0 unspecified atom stereocenters. The SMILES string of the molecule is CNc1cccc(-c2nc3ccc(C=O)cc3[nH]2)c1. The van der Waals surface area contributed by atoms with Crippen molar-refractivity contribution in [3.8, 4) is 11.4 Å². The summed E-state index contributed by atoms with van der Waals surface area (Å²) in [6.07, 6.45) is 0.835. The number of hydrogen-bond donors (Lipinski definition) is 2. The lowest BCUT2D eigenvalue weighted by molar-refractivity contribution is 0.112. The molecule has 0 aliphatic carbocycles. The van der Waals surface area contributed by atoms with Crippen molar-refractivity contribution in [2.75, 3.05) is 12.4 Å². The van der Waals surface area contributed by atoms with E-state index in [0.29, 0.717) is 5.56 Å². The van der Waals surface area contributed by atoms with Crippen LogP contribution in [0.5, 0.6) is 0 Å². The Kier molecular flexibility index (Phi) is 2.76. The van der Waals surface area contributed by atoms with E-state index in [1.165, 1.54) is 0 Å². The zero-order valence-corrected chi connectivity index (χ0v) is 10.5. The number of anilines is 1. The lowest BCUT2D eigenvalue weighted by Crippen LogP contribution is -1.88. The van der Waals surface area contributed by atoms with Crippen LogP contribution in [-0.4, -0.2) is 23.3 Å². The second-order valence-electron chi connectivity index (χ2n) is 4.31. The Balaban J connectivity index is 2.11. The Morgan fingerprint density at radius 1 is 1.21 bits per heavy atom. The van der Waals surface area contributed by atoms with Gasteiger partial charge in [0.15, 0.2) is 0 Å². The molecule has 94 valence electrons. The lowest BCUT2D eigenvalue weighted by Gasteiger charge is -2.01. The molecular weight excluding hydrogens is 238 g/mol. The second-order valence-corrected chi connectivity index (χ2v) is 4.31. The van der Waals surface area contributed by atoms with Crippen molar-refractivity contribution in [1.82, 2.24) is 9.97 Å². The summed E-state index contributed by atoms with van der Waals surface area (Å²) in [5.41, 5.74) is 4.42. The molecule has 0 spiro atoms. The maximum Gasteiger partial charge on any atom is 0.150 e. The number of aldehydes is 1. The van der Waals surface area contributed by atoms with Crippen LogP contribution in [0.15, 0.2) is 42.5 Å². The number of rotatable bonds is 3. The first-order valence-corrected chi connectivity index (χ1v) is 6.03. The van der Waals surface area contributed by atoms with Crippen LogP contribution in [0.3, 0.4) is 0 Å². The van der Waals surface area contributed by atoms with Crippen LogP contribution in [0.4, 0.5) is 5.69 Å². The molecule has 4 nitrogen and oxygen atoms in total. The molecule has 4 heteroatoms. The van der Waals surface area contributed by atoms with Crippen molar-refractivity contribution in [2.24, 2.45) is 0 Å². The highest BCUT2D eigenvalue weighted by Gasteiger charge is 2.06. The van der Waals surface area contributed by atoms with Gasteiger partial charge in [0.2, 0.25) is 0 Å². The van der Waals surface area contributed by atoms with E-state index in [0.717, 1.165) is 34.4 Å². The third-order valence-corrected chi connectivity index (χ3v) is 3.07. The largest absolute Gasteiger partial charge is 0.388 e. The van der Waals surface area contributed by atoms with Crippen LogP contribution in [0.25, 0.3) is 22.4 Å². The molecule has 0 saturated heterocycles. The first kappa shape index (κ1) is 11.5. The van der Waals surface area contributed by atoms with Gasteiger partial charge >= 0.3 is 0 Å². The normalized spacial score (nSPS) is 10.6. The Morgan fingerprint density at radius 3 is 2.89 bits per heavy atom. The van der Waals surface area contributed by atoms with E-state index >= 15 is 0 Å². The van der Waals surface area contributed by atoms with Gasteiger partial charge in [-0.05, 0) is 30.3 Å². The van der Waals surface area contributed by atoms with Gasteiger partial charge in [0.05, 0.1) is 11.0 Å². The van der Waals surface area contributed by atoms with Crippen molar-refractivity contribution >= 4 is 23.0 Å². The van der Waals surface area contributed by atoms with Crippen molar-refractivity contribution in [3.63, 3.8) is 0 Å². The summed E-state index contributed by atoms with van der Waals surface area (Å²) in [7, 11) is 1.88. The Hall–Kier alpha value is -2.62. The number of fused-ring (bicyclic) bond motifs is 1. The summed E-state index contributed by atoms with van der Waals surface area (Å²) in [6, 6.07) is 13.4. The zero-order valence-electron chi connectivity index (χ0n) is 10.5. The van der Waals surface area contributed by atoms with Crippen LogP contribution in [0.2, 0.25) is 0 Å². The Bertz CT molecular complexity index is 746. The van der Waals surface area contributed by atoms with E-state index < -0.39 is 0 Å². The monoisotopic (exact) mass is 251 g/mol. The number of nitrogens with zero attached hydrogens (tertiary/aromatic N) is 1. The summed E-state index contributed by atoms with van der Waals surface area (Å²) >= 11 is 0. The predicted molar refractivity (Wildman–Crippen MR) is 76.5 cm³/mol. The highest BCUT2D eigenvalue weighted by atomic mass is 16.1. The molecule has 0 amide bonds. The van der Waals surface area contributed by atoms with E-state index in [9.17, 15) is 4.79 Å². The molecule has 1 heterocycles. The van der Waals surface area contributed by atoms with Crippen LogP contribution < -0.4 is 5.32 Å². The quantitative estimate of drug-likeness (QED) is 0.703. The number of benzene rings is 2. The van der Waals surface area contributed by atoms with Gasteiger partial charge in [-0.1, -0.05) is 12.1 Å². The van der Waals surface area contributed by atoms with Crippen LogP contribution in [0.1, 0.15) is 10.4 Å². The van der Waals surface area contributed by atoms with Gasteiger partial charge in [0.1, 0.15) is 12.1 Å². The molecule has 0 atom stereocenters. The minimum absolute atomic E-state index is 0.645. The average Bonchev–Trinajstić information content (AvgIpc) is 2.90. The molecule has 2 N–H and O–H groups in total. The molecule has 0 aliphatic rings. The van der Waals surface area contributed by atoms with Gasteiger partial charge in [0.25, 0.3) is 0 Å². The number of hydrogen-bond acceptors (Lipinski definition) is 3. The number of aromatic amines is 1. The molecule has 19 heavy (non-hydrogen) atoms. The molecule has 1 aromatic heterocycles. The fourth-order valence-corrected chi connectivity index (χ4v) is 2.06. The van der Waals surface area contributed by atoms with Gasteiger partial charge in [-0.15, -0.1) is 0 Å². The topological polar surface area (TPSA) is 57.8 Å². The smallest absolute Gasteiger partial charge is 0.150 e. The molecule has 0 radical (unpaired) electrons. The Morgan fingerprint density at radius 2 is 2.11 bits per heavy atom. The minimum atomic E-state index is 0.645. The highest BCUT2D eigenvalue weighted by Crippen LogP contribution is 2.23. The molecule has 0 saturated carbocycles. The highest BCUT2D eigenvalue weighted by molar-refractivity contribution is 5.86. The molecule has 0 fully saturated rings. The van der Waals surface area contributed by atoms with Crippen LogP contribution in [-0.2, 0) is 0 Å². The van der Waals surface area contributed by atoms with E-state index in [4.69, 9.17) is 0 Å². The number of nitrogens with one attached hydrogen (secondary N) is 2. The van der Waals surface area contributed by atoms with Crippen molar-refractivity contribution in [2.45, 2.75) is 0 Å². The van der Waals surface area contributed by atoms with E-state index in [2.05, 4.69) is 15.3 Å². The maximum absolute atomic E-state index is 10.8. The van der Waals surface area contributed by atoms with Crippen molar-refractivity contribution in [1.29, 1.82) is 0 Å². The number of carbonyl (C=O) groups is 1. The number of aromatic nitrogens is 2. The third-order valence-electron chi connectivity index (χ3n) is 3.07. The summed E-state index contributed by atoms with van der Waals surface area (Å²) < 4.78 is 0. The molecule has 3 rings (SSSR count). The fraction of sp³-hybridized carbons (Fsp3) is 0.0667. The van der Waals surface area contributed by atoms with E-state index in [-0.39, 0.29) is 0 Å². The molecule has 0 bridgehead atoms. The predicted octanol–water partition coefficient (Wildman–Crippen LogP) is 3.08. The summed E-state index contributed by atoms with van der Waals surface area (Å²) in [6.45, 7) is 0. The van der Waals surface area contributed by atoms with Gasteiger partial charge in [-0.2, -0.15) is 0 Å². The van der Waals surface area contributed by atoms with Crippen LogP contribution in [0, 0.1) is 0 Å². The van der Waals surface area contributed by atoms with E-state index in [1.54, 1.807) is 12.1 Å². The molecular formula is C15H13N3O. The second kappa shape index (κ2) is 4.57. The van der Waals surface area contributed by atoms with Gasteiger partial charge in [0, 0.05) is 23.9 Å². The first-order valence-electron chi connectivity index (χ1n) is 6.03. The van der Waals surface area contributed by atoms with Crippen LogP contribution >= 0.6 is 0 Å². The number of H-pyrrole nitrogens is 1. The molecule has 2 aromatic carbocycles. The average molecular weight is 251 g/mol. The van der Waals surface area contributed by atoms with E-state index in [1.807, 2.05) is 37.4 Å². The summed E-state index contributed by atoms with van der Waals surface area (Å²) in [5, 5.41) is 3.10. The number of imidazole rings is 1. The van der Waals surface area contributed by atoms with Gasteiger partial charge in [-0.25, -0.2) is 4.98 Å². The fourth-order valence-electron chi connectivity index (χ4n) is 2.06. The minimum Gasteiger partial charge on any atom is -0.388 e. The summed E-state index contributed by atoms with van der Waals surface area (Å²) in [5.74, 6) is 0.801. The van der Waals surface area contributed by atoms with Gasteiger partial charge < -0.3 is 10.3 Å². The van der Waals surface area contributed by atoms with Gasteiger partial charge in [-0.3, -0.25) is 4.79 Å². The zero-order chi connectivity index (χ0) is 13.2. The molecule has 0 aliphatic heterocycles. The summed E-state index contributed by atoms with van der Waals surface area (Å²) in [4.78, 5) is 18.5. The number of carbonyl (C=O) groups excluding carboxylic acids is 1. The van der Waals surface area contributed by atoms with Crippen molar-refractivity contribution in [3.05, 3.63) is 48.0 Å². The molecule has 3 aromatic rings. The van der Waals surface area contributed by atoms with Crippen molar-refractivity contribution < 1.29 is 4.79 Å². The third kappa shape index (κ3) is 2.08.